The molecule has 0 aliphatic carbocycles. The van der Waals surface area contributed by atoms with Gasteiger partial charge in [-0.2, -0.15) is 10.1 Å². The van der Waals surface area contributed by atoms with Crippen LogP contribution in [0.3, 0.4) is 0 Å². The Kier molecular flexibility index (Phi) is 9.28. The van der Waals surface area contributed by atoms with E-state index in [4.69, 9.17) is 9.26 Å². The first kappa shape index (κ1) is 33.1. The molecule has 17 heteroatoms. The van der Waals surface area contributed by atoms with E-state index < -0.39 is 16.2 Å². The highest BCUT2D eigenvalue weighted by atomic mass is 16.6. The van der Waals surface area contributed by atoms with Crippen LogP contribution in [-0.4, -0.2) is 89.4 Å². The van der Waals surface area contributed by atoms with Crippen LogP contribution in [0.1, 0.15) is 42.8 Å². The SMILES string of the molecule is Cn1cc(-c2nc3nccc(-c4ccc(CNC(=O)c5nc(C(C)(C)C)no5)c([N+](=O)[O-])c4)c3[nH]2)c(NC(=O)/C=C/CN2CCOCC2)n1. The number of imidazole rings is 1. The second-order valence-corrected chi connectivity index (χ2v) is 12.5. The number of aryl methyl sites for hydroxylation is 1. The number of H-pyrrole nitrogens is 1. The zero-order valence-corrected chi connectivity index (χ0v) is 27.4. The number of pyridine rings is 1. The first-order chi connectivity index (χ1) is 23.5. The third-order valence-electron chi connectivity index (χ3n) is 7.78. The molecule has 0 saturated carbocycles. The van der Waals surface area contributed by atoms with Crippen molar-refractivity contribution >= 4 is 34.5 Å². The number of anilines is 1. The Morgan fingerprint density at radius 1 is 1.14 bits per heavy atom. The Balaban J connectivity index is 1.21. The lowest BCUT2D eigenvalue weighted by molar-refractivity contribution is -0.385. The van der Waals surface area contributed by atoms with Crippen molar-refractivity contribution in [1.29, 1.82) is 0 Å². The third kappa shape index (κ3) is 7.52. The van der Waals surface area contributed by atoms with Gasteiger partial charge in [0.1, 0.15) is 5.82 Å². The zero-order valence-electron chi connectivity index (χ0n) is 27.4. The van der Waals surface area contributed by atoms with Gasteiger partial charge in [0.2, 0.25) is 5.91 Å². The van der Waals surface area contributed by atoms with E-state index in [9.17, 15) is 19.7 Å². The van der Waals surface area contributed by atoms with Gasteiger partial charge in [-0.1, -0.05) is 38.1 Å². The molecule has 1 fully saturated rings. The molecular formula is C32H35N11O6. The summed E-state index contributed by atoms with van der Waals surface area (Å²) in [5.74, 6) is -0.123. The minimum absolute atomic E-state index is 0.138. The lowest BCUT2D eigenvalue weighted by atomic mass is 9.96. The zero-order chi connectivity index (χ0) is 34.7. The van der Waals surface area contributed by atoms with Gasteiger partial charge in [-0.15, -0.1) is 0 Å². The molecule has 1 saturated heterocycles. The third-order valence-corrected chi connectivity index (χ3v) is 7.78. The average molecular weight is 670 g/mol. The number of nitrogens with one attached hydrogen (secondary N) is 3. The van der Waals surface area contributed by atoms with Gasteiger partial charge >= 0.3 is 11.8 Å². The van der Waals surface area contributed by atoms with Gasteiger partial charge in [0.05, 0.1) is 35.8 Å². The first-order valence-corrected chi connectivity index (χ1v) is 15.5. The molecule has 0 spiro atoms. The number of nitro benzene ring substituents is 1. The van der Waals surface area contributed by atoms with Crippen LogP contribution in [0.25, 0.3) is 33.7 Å². The maximum atomic E-state index is 12.7. The molecule has 0 unspecified atom stereocenters. The van der Waals surface area contributed by atoms with Gasteiger partial charge in [-0.05, 0) is 17.7 Å². The van der Waals surface area contributed by atoms with E-state index >= 15 is 0 Å². The van der Waals surface area contributed by atoms with Gasteiger partial charge in [-0.25, -0.2) is 9.97 Å². The molecule has 6 rings (SSSR count). The van der Waals surface area contributed by atoms with Crippen molar-refractivity contribution in [2.75, 3.05) is 38.2 Å². The smallest absolute Gasteiger partial charge is 0.315 e. The van der Waals surface area contributed by atoms with E-state index in [1.54, 1.807) is 48.4 Å². The monoisotopic (exact) mass is 669 g/mol. The Morgan fingerprint density at radius 2 is 1.94 bits per heavy atom. The number of aromatic amines is 1. The van der Waals surface area contributed by atoms with Crippen molar-refractivity contribution in [2.24, 2.45) is 7.05 Å². The molecule has 3 N–H and O–H groups in total. The fraction of sp³-hybridized carbons (Fsp3) is 0.344. The molecule has 5 aromatic rings. The van der Waals surface area contributed by atoms with Crippen LogP contribution in [0, 0.1) is 10.1 Å². The fourth-order valence-electron chi connectivity index (χ4n) is 5.21. The Hall–Kier alpha value is -5.81. The van der Waals surface area contributed by atoms with Crippen LogP contribution in [0.5, 0.6) is 0 Å². The molecule has 0 bridgehead atoms. The second kappa shape index (κ2) is 13.7. The van der Waals surface area contributed by atoms with E-state index in [0.717, 1.165) is 13.1 Å². The predicted octanol–water partition coefficient (Wildman–Crippen LogP) is 3.37. The van der Waals surface area contributed by atoms with E-state index in [1.165, 1.54) is 12.1 Å². The number of hydrogen-bond acceptors (Lipinski definition) is 12. The van der Waals surface area contributed by atoms with Crippen molar-refractivity contribution < 1.29 is 23.8 Å². The largest absolute Gasteiger partial charge is 0.379 e. The van der Waals surface area contributed by atoms with Crippen molar-refractivity contribution in [1.82, 2.24) is 45.1 Å². The van der Waals surface area contributed by atoms with Gasteiger partial charge in [0.25, 0.3) is 5.69 Å². The number of nitrogens with zero attached hydrogens (tertiary/aromatic N) is 8. The molecule has 1 aliphatic heterocycles. The topological polar surface area (TPSA) is 212 Å². The van der Waals surface area contributed by atoms with Gasteiger partial charge in [0, 0.05) is 67.8 Å². The Labute approximate surface area is 279 Å². The summed E-state index contributed by atoms with van der Waals surface area (Å²) in [6.45, 7) is 9.13. The number of rotatable bonds is 10. The number of ether oxygens (including phenoxy) is 1. The van der Waals surface area contributed by atoms with Gasteiger partial charge < -0.3 is 24.9 Å². The molecule has 49 heavy (non-hydrogen) atoms. The van der Waals surface area contributed by atoms with Crippen LogP contribution in [0.4, 0.5) is 11.5 Å². The standard InChI is InChI=1S/C32H35N11O6/c1-32(2,3)31-38-30(49-40-31)29(45)34-17-20-8-7-19(16-23(20)43(46)47)21-9-10-33-28-25(21)36-26(37-28)22-18-41(4)39-27(22)35-24(44)6-5-11-42-12-14-48-15-13-42/h5-10,16,18H,11-15,17H2,1-4H3,(H,34,45)(H,33,36,37)(H,35,39,44)/b6-5+. The number of benzene rings is 1. The van der Waals surface area contributed by atoms with E-state index in [-0.39, 0.29) is 29.6 Å². The van der Waals surface area contributed by atoms with E-state index in [2.05, 4.69) is 45.7 Å². The maximum absolute atomic E-state index is 12.7. The summed E-state index contributed by atoms with van der Waals surface area (Å²) in [6, 6.07) is 6.44. The summed E-state index contributed by atoms with van der Waals surface area (Å²) in [6.07, 6.45) is 6.55. The summed E-state index contributed by atoms with van der Waals surface area (Å²) in [7, 11) is 1.73. The van der Waals surface area contributed by atoms with Crippen LogP contribution in [0.15, 0.2) is 53.3 Å². The molecule has 4 aromatic heterocycles. The molecule has 1 aliphatic rings. The number of amides is 2. The van der Waals surface area contributed by atoms with Crippen LogP contribution in [0.2, 0.25) is 0 Å². The maximum Gasteiger partial charge on any atom is 0.315 e. The number of carbonyl (C=O) groups is 2. The highest BCUT2D eigenvalue weighted by Crippen LogP contribution is 2.33. The molecule has 1 aromatic carbocycles. The van der Waals surface area contributed by atoms with Crippen LogP contribution >= 0.6 is 0 Å². The van der Waals surface area contributed by atoms with Crippen LogP contribution in [-0.2, 0) is 28.5 Å². The average Bonchev–Trinajstić information content (AvgIpc) is 3.82. The second-order valence-electron chi connectivity index (χ2n) is 12.5. The van der Waals surface area contributed by atoms with Crippen LogP contribution < -0.4 is 10.6 Å². The Morgan fingerprint density at radius 3 is 2.67 bits per heavy atom. The molecular weight excluding hydrogens is 634 g/mol. The quantitative estimate of drug-likeness (QED) is 0.111. The predicted molar refractivity (Wildman–Crippen MR) is 177 cm³/mol. The van der Waals surface area contributed by atoms with E-state index in [0.29, 0.717) is 65.1 Å². The Bertz CT molecular complexity index is 2050. The minimum Gasteiger partial charge on any atom is -0.379 e. The number of nitro groups is 1. The molecule has 0 radical (unpaired) electrons. The molecule has 17 nitrogen and oxygen atoms in total. The number of hydrogen-bond donors (Lipinski definition) is 3. The summed E-state index contributed by atoms with van der Waals surface area (Å²) < 4.78 is 12.0. The van der Waals surface area contributed by atoms with Crippen molar-refractivity contribution in [2.45, 2.75) is 32.7 Å². The van der Waals surface area contributed by atoms with Crippen molar-refractivity contribution in [3.63, 3.8) is 0 Å². The lowest BCUT2D eigenvalue weighted by Crippen LogP contribution is -2.36. The number of aromatic nitrogens is 7. The summed E-state index contributed by atoms with van der Waals surface area (Å²) in [4.78, 5) is 55.6. The van der Waals surface area contributed by atoms with Gasteiger partial charge in [-0.3, -0.25) is 29.3 Å². The molecule has 0 atom stereocenters. The number of fused-ring (bicyclic) bond motifs is 1. The number of morpholine rings is 1. The van der Waals surface area contributed by atoms with Gasteiger partial charge in [0.15, 0.2) is 17.3 Å². The minimum atomic E-state index is -0.642. The highest BCUT2D eigenvalue weighted by Gasteiger charge is 2.25. The molecule has 254 valence electrons. The summed E-state index contributed by atoms with van der Waals surface area (Å²) in [5, 5.41) is 25.8. The normalized spacial score (nSPS) is 14.0. The lowest BCUT2D eigenvalue weighted by Gasteiger charge is -2.24. The fourth-order valence-corrected chi connectivity index (χ4v) is 5.21. The number of carbonyl (C=O) groups excluding carboxylic acids is 2. The van der Waals surface area contributed by atoms with E-state index in [1.807, 2.05) is 20.8 Å². The summed E-state index contributed by atoms with van der Waals surface area (Å²) in [5.41, 5.74) is 2.25. The van der Waals surface area contributed by atoms with Crippen molar-refractivity contribution in [3.05, 3.63) is 76.2 Å². The molecule has 5 heterocycles. The first-order valence-electron chi connectivity index (χ1n) is 15.5. The van der Waals surface area contributed by atoms with Crippen molar-refractivity contribution in [3.8, 4) is 22.5 Å². The highest BCUT2D eigenvalue weighted by molar-refractivity contribution is 6.01. The summed E-state index contributed by atoms with van der Waals surface area (Å²) >= 11 is 0. The molecule has 2 amide bonds.